The number of ether oxygens (including phenoxy) is 1. The van der Waals surface area contributed by atoms with Gasteiger partial charge in [-0.1, -0.05) is 63.6 Å². The highest BCUT2D eigenvalue weighted by atomic mass is 16.5. The number of nitrogens with zero attached hydrogens (tertiary/aromatic N) is 1. The average molecular weight is 344 g/mol. The minimum atomic E-state index is 0.0545. The number of rotatable bonds is 13. The third kappa shape index (κ3) is 8.78. The van der Waals surface area contributed by atoms with Crippen LogP contribution in [0.15, 0.2) is 47.5 Å². The SMILES string of the molecule is CCCC(=O)[C@@H](CC)[C@@H](CCC)N=C/C=C/COCc1ccccc1. The minimum Gasteiger partial charge on any atom is -0.373 e. The molecule has 0 aliphatic carbocycles. The molecule has 0 unspecified atom stereocenters. The van der Waals surface area contributed by atoms with Crippen LogP contribution in [0.5, 0.6) is 0 Å². The van der Waals surface area contributed by atoms with E-state index in [4.69, 9.17) is 4.74 Å². The van der Waals surface area contributed by atoms with Crippen molar-refractivity contribution in [1.29, 1.82) is 0 Å². The van der Waals surface area contributed by atoms with E-state index in [9.17, 15) is 4.79 Å². The third-order valence-corrected chi connectivity index (χ3v) is 4.22. The molecule has 1 rings (SSSR count). The summed E-state index contributed by atoms with van der Waals surface area (Å²) < 4.78 is 5.61. The van der Waals surface area contributed by atoms with E-state index < -0.39 is 0 Å². The Hall–Kier alpha value is -1.74. The number of carbonyl (C=O) groups is 1. The zero-order valence-electron chi connectivity index (χ0n) is 16.0. The molecular weight excluding hydrogens is 310 g/mol. The molecule has 1 aromatic rings. The summed E-state index contributed by atoms with van der Waals surface area (Å²) in [6.45, 7) is 7.47. The highest BCUT2D eigenvalue weighted by molar-refractivity contribution is 5.82. The second kappa shape index (κ2) is 13.5. The topological polar surface area (TPSA) is 38.7 Å². The van der Waals surface area contributed by atoms with E-state index in [2.05, 4.69) is 37.9 Å². The van der Waals surface area contributed by atoms with Gasteiger partial charge in [0, 0.05) is 18.6 Å². The Labute approximate surface area is 153 Å². The molecule has 0 N–H and O–H groups in total. The summed E-state index contributed by atoms with van der Waals surface area (Å²) in [6, 6.07) is 10.2. The van der Waals surface area contributed by atoms with Crippen molar-refractivity contribution in [2.75, 3.05) is 6.61 Å². The van der Waals surface area contributed by atoms with Crippen LogP contribution in [-0.2, 0) is 16.1 Å². The van der Waals surface area contributed by atoms with Gasteiger partial charge >= 0.3 is 0 Å². The lowest BCUT2D eigenvalue weighted by molar-refractivity contribution is -0.123. The van der Waals surface area contributed by atoms with Gasteiger partial charge in [0.1, 0.15) is 5.78 Å². The summed E-state index contributed by atoms with van der Waals surface area (Å²) >= 11 is 0. The van der Waals surface area contributed by atoms with Gasteiger partial charge in [-0.25, -0.2) is 0 Å². The fraction of sp³-hybridized carbons (Fsp3) is 0.545. The van der Waals surface area contributed by atoms with Crippen molar-refractivity contribution in [3.05, 3.63) is 48.0 Å². The maximum absolute atomic E-state index is 12.3. The third-order valence-electron chi connectivity index (χ3n) is 4.22. The van der Waals surface area contributed by atoms with Crippen molar-refractivity contribution in [2.45, 2.75) is 65.5 Å². The Balaban J connectivity index is 2.44. The fourth-order valence-corrected chi connectivity index (χ4v) is 2.92. The Morgan fingerprint density at radius 1 is 1.16 bits per heavy atom. The van der Waals surface area contributed by atoms with Gasteiger partial charge in [-0.05, 0) is 30.9 Å². The van der Waals surface area contributed by atoms with Crippen LogP contribution in [-0.4, -0.2) is 24.6 Å². The Bertz CT molecular complexity index is 522. The summed E-state index contributed by atoms with van der Waals surface area (Å²) in [4.78, 5) is 16.9. The van der Waals surface area contributed by atoms with Crippen LogP contribution in [0.3, 0.4) is 0 Å². The largest absolute Gasteiger partial charge is 0.373 e. The van der Waals surface area contributed by atoms with Crippen molar-refractivity contribution in [2.24, 2.45) is 10.9 Å². The number of allylic oxidation sites excluding steroid dienone is 1. The van der Waals surface area contributed by atoms with Crippen molar-refractivity contribution in [3.8, 4) is 0 Å². The summed E-state index contributed by atoms with van der Waals surface area (Å²) in [5, 5.41) is 0. The van der Waals surface area contributed by atoms with Gasteiger partial charge in [0.2, 0.25) is 0 Å². The van der Waals surface area contributed by atoms with Crippen LogP contribution in [0.4, 0.5) is 0 Å². The van der Waals surface area contributed by atoms with Gasteiger partial charge in [0.25, 0.3) is 0 Å². The highest BCUT2D eigenvalue weighted by Crippen LogP contribution is 2.20. The number of hydrogen-bond donors (Lipinski definition) is 0. The molecule has 0 bridgehead atoms. The minimum absolute atomic E-state index is 0.0545. The number of Topliss-reactive ketones (excluding diaryl/α,β-unsaturated/α-hetero) is 1. The van der Waals surface area contributed by atoms with Crippen LogP contribution < -0.4 is 0 Å². The van der Waals surface area contributed by atoms with Gasteiger partial charge in [0.15, 0.2) is 0 Å². The second-order valence-electron chi connectivity index (χ2n) is 6.31. The van der Waals surface area contributed by atoms with Crippen molar-refractivity contribution >= 4 is 12.0 Å². The molecule has 0 saturated heterocycles. The summed E-state index contributed by atoms with van der Waals surface area (Å²) in [7, 11) is 0. The second-order valence-corrected chi connectivity index (χ2v) is 6.31. The quantitative estimate of drug-likeness (QED) is 0.355. The molecule has 0 spiro atoms. The molecule has 3 nitrogen and oxygen atoms in total. The number of aliphatic imine (C=N–C) groups is 1. The van der Waals surface area contributed by atoms with Gasteiger partial charge in [-0.2, -0.15) is 0 Å². The lowest BCUT2D eigenvalue weighted by atomic mass is 9.88. The fourth-order valence-electron chi connectivity index (χ4n) is 2.92. The molecular formula is C22H33NO2. The van der Waals surface area contributed by atoms with Crippen LogP contribution in [0.25, 0.3) is 0 Å². The van der Waals surface area contributed by atoms with E-state index in [-0.39, 0.29) is 12.0 Å². The Kier molecular flexibility index (Phi) is 11.5. The Morgan fingerprint density at radius 2 is 1.92 bits per heavy atom. The van der Waals surface area contributed by atoms with Crippen molar-refractivity contribution in [3.63, 3.8) is 0 Å². The predicted molar refractivity (Wildman–Crippen MR) is 106 cm³/mol. The standard InChI is InChI=1S/C22H33NO2/c1-4-12-21(20(6-3)22(24)13-5-2)23-16-10-11-17-25-18-19-14-8-7-9-15-19/h7-11,14-16,20-21H,4-6,12-13,17-18H2,1-3H3/b11-10+,23-16?/t20-,21+/m0/s1. The van der Waals surface area contributed by atoms with E-state index >= 15 is 0 Å². The summed E-state index contributed by atoms with van der Waals surface area (Å²) in [5.41, 5.74) is 1.17. The van der Waals surface area contributed by atoms with Gasteiger partial charge in [-0.3, -0.25) is 9.79 Å². The molecule has 0 saturated carbocycles. The van der Waals surface area contributed by atoms with Gasteiger partial charge in [-0.15, -0.1) is 0 Å². The van der Waals surface area contributed by atoms with E-state index in [0.717, 1.165) is 25.7 Å². The molecule has 1 aromatic carbocycles. The molecule has 0 aliphatic heterocycles. The van der Waals surface area contributed by atoms with E-state index in [1.165, 1.54) is 5.56 Å². The van der Waals surface area contributed by atoms with Crippen molar-refractivity contribution in [1.82, 2.24) is 0 Å². The lowest BCUT2D eigenvalue weighted by Crippen LogP contribution is -2.26. The van der Waals surface area contributed by atoms with Gasteiger partial charge < -0.3 is 4.74 Å². The average Bonchev–Trinajstić information content (AvgIpc) is 2.62. The van der Waals surface area contributed by atoms with E-state index in [1.54, 1.807) is 0 Å². The first-order valence-corrected chi connectivity index (χ1v) is 9.55. The van der Waals surface area contributed by atoms with E-state index in [1.807, 2.05) is 36.6 Å². The Morgan fingerprint density at radius 3 is 2.56 bits per heavy atom. The summed E-state index contributed by atoms with van der Waals surface area (Å²) in [6.07, 6.45) is 10.2. The molecule has 3 heteroatoms. The van der Waals surface area contributed by atoms with Gasteiger partial charge in [0.05, 0.1) is 19.3 Å². The smallest absolute Gasteiger partial charge is 0.138 e. The maximum atomic E-state index is 12.3. The molecule has 0 aromatic heterocycles. The van der Waals surface area contributed by atoms with Crippen LogP contribution in [0, 0.1) is 5.92 Å². The normalized spacial score (nSPS) is 14.2. The van der Waals surface area contributed by atoms with Crippen LogP contribution >= 0.6 is 0 Å². The molecule has 25 heavy (non-hydrogen) atoms. The zero-order valence-corrected chi connectivity index (χ0v) is 16.0. The molecule has 0 fully saturated rings. The number of hydrogen-bond acceptors (Lipinski definition) is 3. The molecule has 0 heterocycles. The predicted octanol–water partition coefficient (Wildman–Crippen LogP) is 5.39. The first kappa shape index (κ1) is 21.3. The molecule has 2 atom stereocenters. The number of ketones is 1. The molecule has 138 valence electrons. The maximum Gasteiger partial charge on any atom is 0.138 e. The lowest BCUT2D eigenvalue weighted by Gasteiger charge is -2.21. The molecule has 0 amide bonds. The first-order chi connectivity index (χ1) is 12.2. The first-order valence-electron chi connectivity index (χ1n) is 9.55. The van der Waals surface area contributed by atoms with Crippen molar-refractivity contribution < 1.29 is 9.53 Å². The van der Waals surface area contributed by atoms with Crippen LogP contribution in [0.2, 0.25) is 0 Å². The molecule has 0 radical (unpaired) electrons. The number of carbonyl (C=O) groups excluding carboxylic acids is 1. The van der Waals surface area contributed by atoms with Crippen LogP contribution in [0.1, 0.15) is 58.4 Å². The summed E-state index contributed by atoms with van der Waals surface area (Å²) in [5.74, 6) is 0.412. The highest BCUT2D eigenvalue weighted by Gasteiger charge is 2.24. The number of benzene rings is 1. The zero-order chi connectivity index (χ0) is 18.3. The van der Waals surface area contributed by atoms with E-state index in [0.29, 0.717) is 25.4 Å². The molecule has 0 aliphatic rings. The monoisotopic (exact) mass is 343 g/mol.